The summed E-state index contributed by atoms with van der Waals surface area (Å²) >= 11 is 0. The Kier molecular flexibility index (Phi) is 5.74. The zero-order chi connectivity index (χ0) is 19.8. The van der Waals surface area contributed by atoms with Gasteiger partial charge in [0, 0.05) is 19.8 Å². The van der Waals surface area contributed by atoms with E-state index in [-0.39, 0.29) is 36.4 Å². The Balaban J connectivity index is 2.07. The summed E-state index contributed by atoms with van der Waals surface area (Å²) in [5.41, 5.74) is -1.62. The van der Waals surface area contributed by atoms with Crippen LogP contribution in [0.2, 0.25) is 0 Å². The van der Waals surface area contributed by atoms with Crippen molar-refractivity contribution in [2.24, 2.45) is 13.0 Å². The first-order valence-corrected chi connectivity index (χ1v) is 9.53. The number of carbonyl (C=O) groups is 1. The van der Waals surface area contributed by atoms with Gasteiger partial charge in [-0.3, -0.25) is 4.79 Å². The highest BCUT2D eigenvalue weighted by Crippen LogP contribution is 2.41. The van der Waals surface area contributed by atoms with Gasteiger partial charge in [-0.25, -0.2) is 13.1 Å². The van der Waals surface area contributed by atoms with Crippen LogP contribution in [0.3, 0.4) is 0 Å². The van der Waals surface area contributed by atoms with Crippen LogP contribution in [0.5, 0.6) is 0 Å². The van der Waals surface area contributed by atoms with Crippen molar-refractivity contribution >= 4 is 15.9 Å². The molecule has 0 bridgehead atoms. The van der Waals surface area contributed by atoms with Crippen LogP contribution in [0, 0.1) is 5.92 Å². The van der Waals surface area contributed by atoms with Gasteiger partial charge in [0.25, 0.3) is 5.91 Å². The van der Waals surface area contributed by atoms with Crippen molar-refractivity contribution in [3.63, 3.8) is 0 Å². The number of carbonyl (C=O) groups excluding carboxylic acids is 1. The molecule has 0 spiro atoms. The number of aliphatic hydroxyl groups is 1. The predicted molar refractivity (Wildman–Crippen MR) is 87.0 cm³/mol. The second-order valence-corrected chi connectivity index (χ2v) is 8.51. The molecule has 0 aliphatic heterocycles. The molecule has 1 fully saturated rings. The highest BCUT2D eigenvalue weighted by atomic mass is 32.2. The number of alkyl halides is 3. The van der Waals surface area contributed by atoms with E-state index in [1.807, 2.05) is 0 Å². The highest BCUT2D eigenvalue weighted by Gasteiger charge is 2.47. The molecule has 1 saturated carbocycles. The summed E-state index contributed by atoms with van der Waals surface area (Å²) in [5.74, 6) is -2.27. The maximum Gasteiger partial charge on any atom is 0.391 e. The summed E-state index contributed by atoms with van der Waals surface area (Å²) in [5, 5.41) is 12.8. The Bertz CT molecular complexity index is 776. The lowest BCUT2D eigenvalue weighted by Crippen LogP contribution is -2.48. The van der Waals surface area contributed by atoms with Gasteiger partial charge < -0.3 is 15.0 Å². The van der Waals surface area contributed by atoms with E-state index < -0.39 is 40.0 Å². The van der Waals surface area contributed by atoms with Crippen LogP contribution in [0.15, 0.2) is 17.2 Å². The third-order valence-electron chi connectivity index (χ3n) is 4.65. The third kappa shape index (κ3) is 4.57. The van der Waals surface area contributed by atoms with Crippen molar-refractivity contribution in [2.45, 2.75) is 42.4 Å². The molecular formula is C15H22F3N3O4S. The fourth-order valence-electron chi connectivity index (χ4n) is 3.14. The van der Waals surface area contributed by atoms with Crippen LogP contribution in [-0.4, -0.2) is 49.4 Å². The first-order chi connectivity index (χ1) is 11.9. The second kappa shape index (κ2) is 7.20. The van der Waals surface area contributed by atoms with Gasteiger partial charge in [0.15, 0.2) is 0 Å². The van der Waals surface area contributed by atoms with Crippen molar-refractivity contribution in [1.82, 2.24) is 14.6 Å². The Morgan fingerprint density at radius 3 is 2.69 bits per heavy atom. The summed E-state index contributed by atoms with van der Waals surface area (Å²) in [7, 11) is -1.03. The molecule has 0 saturated heterocycles. The summed E-state index contributed by atoms with van der Waals surface area (Å²) in [6.45, 7) is -0.336. The first kappa shape index (κ1) is 20.7. The number of hydrogen-bond acceptors (Lipinski definition) is 4. The SMILES string of the molecule is CNS(=O)(=O)c1cc(C(=O)NC[C@]2(O)CCC[C@H](C(F)(F)F)C2)n(C)c1. The van der Waals surface area contributed by atoms with Crippen LogP contribution in [0.1, 0.15) is 36.2 Å². The molecule has 1 aromatic rings. The summed E-state index contributed by atoms with van der Waals surface area (Å²) in [6.07, 6.45) is -3.27. The molecule has 148 valence electrons. The number of aromatic nitrogens is 1. The summed E-state index contributed by atoms with van der Waals surface area (Å²) < 4.78 is 65.6. The zero-order valence-electron chi connectivity index (χ0n) is 14.4. The number of amides is 1. The number of halogens is 3. The molecule has 7 nitrogen and oxygen atoms in total. The van der Waals surface area contributed by atoms with Gasteiger partial charge in [0.1, 0.15) is 10.6 Å². The standard InChI is InChI=1S/C15H22F3N3O4S/c1-19-26(24,25)11-6-12(21(2)8-11)13(22)20-9-14(23)5-3-4-10(7-14)15(16,17)18/h6,8,10,19,23H,3-5,7,9H2,1-2H3,(H,20,22)/t10-,14-/m0/s1. The largest absolute Gasteiger partial charge is 0.391 e. The summed E-state index contributed by atoms with van der Waals surface area (Å²) in [4.78, 5) is 12.2. The van der Waals surface area contributed by atoms with Crippen LogP contribution in [0.4, 0.5) is 13.2 Å². The van der Waals surface area contributed by atoms with Crippen molar-refractivity contribution in [1.29, 1.82) is 0 Å². The Morgan fingerprint density at radius 1 is 1.46 bits per heavy atom. The molecule has 26 heavy (non-hydrogen) atoms. The van der Waals surface area contributed by atoms with Crippen LogP contribution < -0.4 is 10.0 Å². The van der Waals surface area contributed by atoms with Crippen molar-refractivity contribution in [3.8, 4) is 0 Å². The van der Waals surface area contributed by atoms with Gasteiger partial charge in [-0.2, -0.15) is 13.2 Å². The average molecular weight is 397 g/mol. The molecule has 1 amide bonds. The van der Waals surface area contributed by atoms with Gasteiger partial charge in [0.05, 0.1) is 11.5 Å². The molecule has 2 atom stereocenters. The van der Waals surface area contributed by atoms with E-state index in [1.165, 1.54) is 24.9 Å². The Morgan fingerprint density at radius 2 is 2.12 bits per heavy atom. The van der Waals surface area contributed by atoms with Crippen LogP contribution in [-0.2, 0) is 17.1 Å². The maximum atomic E-state index is 12.9. The topological polar surface area (TPSA) is 100 Å². The molecular weight excluding hydrogens is 375 g/mol. The van der Waals surface area contributed by atoms with E-state index in [1.54, 1.807) is 0 Å². The molecule has 1 aliphatic carbocycles. The van der Waals surface area contributed by atoms with E-state index in [4.69, 9.17) is 0 Å². The van der Waals surface area contributed by atoms with Gasteiger partial charge >= 0.3 is 6.18 Å². The predicted octanol–water partition coefficient (Wildman–Crippen LogP) is 1.15. The maximum absolute atomic E-state index is 12.9. The lowest BCUT2D eigenvalue weighted by Gasteiger charge is -2.37. The highest BCUT2D eigenvalue weighted by molar-refractivity contribution is 7.89. The number of aryl methyl sites for hydroxylation is 1. The fourth-order valence-corrected chi connectivity index (χ4v) is 3.94. The van der Waals surface area contributed by atoms with Gasteiger partial charge in [0.2, 0.25) is 10.0 Å². The van der Waals surface area contributed by atoms with Gasteiger partial charge in [-0.1, -0.05) is 0 Å². The fraction of sp³-hybridized carbons (Fsp3) is 0.667. The molecule has 1 heterocycles. The first-order valence-electron chi connectivity index (χ1n) is 8.05. The van der Waals surface area contributed by atoms with Crippen molar-refractivity contribution in [3.05, 3.63) is 18.0 Å². The Labute approximate surface area is 149 Å². The molecule has 2 rings (SSSR count). The lowest BCUT2D eigenvalue weighted by atomic mass is 9.77. The van der Waals surface area contributed by atoms with Crippen molar-refractivity contribution < 1.29 is 31.5 Å². The Hall–Kier alpha value is -1.59. The van der Waals surface area contributed by atoms with E-state index >= 15 is 0 Å². The molecule has 3 N–H and O–H groups in total. The second-order valence-electron chi connectivity index (χ2n) is 6.62. The minimum atomic E-state index is -4.38. The molecule has 11 heteroatoms. The van der Waals surface area contributed by atoms with E-state index in [0.717, 1.165) is 6.07 Å². The van der Waals surface area contributed by atoms with Crippen LogP contribution >= 0.6 is 0 Å². The van der Waals surface area contributed by atoms with E-state index in [2.05, 4.69) is 10.0 Å². The summed E-state index contributed by atoms with van der Waals surface area (Å²) in [6, 6.07) is 1.16. The number of hydrogen-bond donors (Lipinski definition) is 3. The molecule has 1 aromatic heterocycles. The molecule has 0 unspecified atom stereocenters. The van der Waals surface area contributed by atoms with Gasteiger partial charge in [-0.05, 0) is 38.8 Å². The van der Waals surface area contributed by atoms with Crippen molar-refractivity contribution in [2.75, 3.05) is 13.6 Å². The van der Waals surface area contributed by atoms with E-state index in [0.29, 0.717) is 0 Å². The smallest absolute Gasteiger partial charge is 0.388 e. The average Bonchev–Trinajstić information content (AvgIpc) is 2.95. The number of nitrogens with one attached hydrogen (secondary N) is 2. The monoisotopic (exact) mass is 397 g/mol. The molecule has 0 aromatic carbocycles. The lowest BCUT2D eigenvalue weighted by molar-refractivity contribution is -0.199. The van der Waals surface area contributed by atoms with Crippen LogP contribution in [0.25, 0.3) is 0 Å². The normalized spacial score (nSPS) is 24.5. The number of rotatable bonds is 5. The number of sulfonamides is 1. The third-order valence-corrected chi connectivity index (χ3v) is 6.03. The zero-order valence-corrected chi connectivity index (χ0v) is 15.2. The molecule has 1 aliphatic rings. The quantitative estimate of drug-likeness (QED) is 0.694. The van der Waals surface area contributed by atoms with Gasteiger partial charge in [-0.15, -0.1) is 0 Å². The minimum absolute atomic E-state index is 0.0191. The van der Waals surface area contributed by atoms with E-state index in [9.17, 15) is 31.5 Å². The number of nitrogens with zero attached hydrogens (tertiary/aromatic N) is 1. The minimum Gasteiger partial charge on any atom is -0.388 e. The molecule has 0 radical (unpaired) electrons.